The molecule has 1 amide bonds. The number of tetrazole rings is 1. The van der Waals surface area contributed by atoms with Crippen LogP contribution >= 0.6 is 11.8 Å². The van der Waals surface area contributed by atoms with Gasteiger partial charge in [-0.25, -0.2) is 0 Å². The summed E-state index contributed by atoms with van der Waals surface area (Å²) in [5, 5.41) is 15.8. The van der Waals surface area contributed by atoms with Crippen molar-refractivity contribution in [3.63, 3.8) is 0 Å². The average Bonchev–Trinajstić information content (AvgIpc) is 3.24. The van der Waals surface area contributed by atoms with Gasteiger partial charge < -0.3 is 5.32 Å². The summed E-state index contributed by atoms with van der Waals surface area (Å²) in [7, 11) is 0. The highest BCUT2D eigenvalue weighted by Gasteiger charge is 2.16. The summed E-state index contributed by atoms with van der Waals surface area (Å²) >= 11 is 1.49. The maximum atomic E-state index is 13.1. The first-order chi connectivity index (χ1) is 15.0. The van der Waals surface area contributed by atoms with E-state index >= 15 is 0 Å². The molecule has 6 nitrogen and oxygen atoms in total. The zero-order valence-electron chi connectivity index (χ0n) is 17.7. The molecule has 4 rings (SSSR count). The Hall–Kier alpha value is -3.45. The zero-order valence-corrected chi connectivity index (χ0v) is 18.5. The maximum Gasteiger partial charge on any atom is 0.255 e. The molecular weight excluding hydrogens is 406 g/mol. The predicted octanol–water partition coefficient (Wildman–Crippen LogP) is 5.13. The van der Waals surface area contributed by atoms with Crippen molar-refractivity contribution in [3.8, 4) is 5.69 Å². The fourth-order valence-corrected chi connectivity index (χ4v) is 4.46. The number of hydrogen-bond acceptors (Lipinski definition) is 5. The van der Waals surface area contributed by atoms with E-state index in [0.717, 1.165) is 28.1 Å². The molecule has 31 heavy (non-hydrogen) atoms. The van der Waals surface area contributed by atoms with Gasteiger partial charge in [0.15, 0.2) is 0 Å². The van der Waals surface area contributed by atoms with Gasteiger partial charge in [-0.2, -0.15) is 4.68 Å². The molecule has 0 aliphatic carbocycles. The SMILES string of the molecule is Cc1cc(C)c(NC(=O)c2ccccc2CSc2nnnn2-c2ccccc2)c(C)c1. The second-order valence-corrected chi connectivity index (χ2v) is 8.32. The number of rotatable bonds is 6. The Morgan fingerprint density at radius 3 is 2.39 bits per heavy atom. The number of anilines is 1. The van der Waals surface area contributed by atoms with E-state index in [4.69, 9.17) is 0 Å². The molecule has 1 aromatic heterocycles. The van der Waals surface area contributed by atoms with E-state index < -0.39 is 0 Å². The number of nitrogens with zero attached hydrogens (tertiary/aromatic N) is 4. The van der Waals surface area contributed by atoms with Gasteiger partial charge in [-0.3, -0.25) is 4.79 Å². The molecule has 0 saturated heterocycles. The van der Waals surface area contributed by atoms with Crippen LogP contribution in [0.25, 0.3) is 5.69 Å². The standard InChI is InChI=1S/C24H23N5OS/c1-16-13-17(2)22(18(3)14-16)25-23(30)21-12-8-7-9-19(21)15-31-24-26-27-28-29(24)20-10-5-4-6-11-20/h4-14H,15H2,1-3H3,(H,25,30). The third-order valence-electron chi connectivity index (χ3n) is 4.98. The van der Waals surface area contributed by atoms with Gasteiger partial charge in [0.2, 0.25) is 5.16 Å². The highest BCUT2D eigenvalue weighted by molar-refractivity contribution is 7.98. The van der Waals surface area contributed by atoms with Crippen molar-refractivity contribution in [1.82, 2.24) is 20.2 Å². The van der Waals surface area contributed by atoms with Crippen LogP contribution in [0.4, 0.5) is 5.69 Å². The quantitative estimate of drug-likeness (QED) is 0.430. The van der Waals surface area contributed by atoms with Crippen LogP contribution in [0, 0.1) is 20.8 Å². The summed E-state index contributed by atoms with van der Waals surface area (Å²) in [6.45, 7) is 6.09. The molecule has 3 aromatic carbocycles. The Morgan fingerprint density at radius 1 is 0.968 bits per heavy atom. The largest absolute Gasteiger partial charge is 0.321 e. The molecule has 1 heterocycles. The summed E-state index contributed by atoms with van der Waals surface area (Å²) < 4.78 is 1.70. The van der Waals surface area contributed by atoms with E-state index in [2.05, 4.69) is 39.9 Å². The van der Waals surface area contributed by atoms with Crippen LogP contribution in [-0.2, 0) is 5.75 Å². The minimum atomic E-state index is -0.117. The summed E-state index contributed by atoms with van der Waals surface area (Å²) in [5.74, 6) is 0.455. The van der Waals surface area contributed by atoms with E-state index in [9.17, 15) is 4.79 Å². The predicted molar refractivity (Wildman–Crippen MR) is 124 cm³/mol. The second kappa shape index (κ2) is 9.14. The minimum absolute atomic E-state index is 0.117. The highest BCUT2D eigenvalue weighted by atomic mass is 32.2. The molecule has 0 bridgehead atoms. The van der Waals surface area contributed by atoms with Crippen LogP contribution in [0.3, 0.4) is 0 Å². The first-order valence-electron chi connectivity index (χ1n) is 9.96. The van der Waals surface area contributed by atoms with Gasteiger partial charge in [0.1, 0.15) is 0 Å². The van der Waals surface area contributed by atoms with Gasteiger partial charge >= 0.3 is 0 Å². The Labute approximate surface area is 185 Å². The summed E-state index contributed by atoms with van der Waals surface area (Å²) in [5.41, 5.74) is 6.63. The van der Waals surface area contributed by atoms with Crippen molar-refractivity contribution in [2.75, 3.05) is 5.32 Å². The molecule has 1 N–H and O–H groups in total. The molecular formula is C24H23N5OS. The lowest BCUT2D eigenvalue weighted by atomic mass is 10.0. The molecule has 156 valence electrons. The van der Waals surface area contributed by atoms with Gasteiger partial charge in [0, 0.05) is 17.0 Å². The number of para-hydroxylation sites is 1. The lowest BCUT2D eigenvalue weighted by molar-refractivity contribution is 0.102. The Morgan fingerprint density at radius 2 is 1.65 bits per heavy atom. The molecule has 0 unspecified atom stereocenters. The Balaban J connectivity index is 1.54. The number of amides is 1. The van der Waals surface area contributed by atoms with Crippen molar-refractivity contribution in [3.05, 3.63) is 94.5 Å². The van der Waals surface area contributed by atoms with E-state index in [-0.39, 0.29) is 5.91 Å². The normalized spacial score (nSPS) is 10.8. The van der Waals surface area contributed by atoms with Gasteiger partial charge in [-0.15, -0.1) is 5.10 Å². The van der Waals surface area contributed by atoms with Crippen LogP contribution in [-0.4, -0.2) is 26.1 Å². The number of thioether (sulfide) groups is 1. The topological polar surface area (TPSA) is 72.7 Å². The Bertz CT molecular complexity index is 1200. The first kappa shape index (κ1) is 20.8. The summed E-state index contributed by atoms with van der Waals surface area (Å²) in [4.78, 5) is 13.1. The number of hydrogen-bond donors (Lipinski definition) is 1. The number of nitrogens with one attached hydrogen (secondary N) is 1. The van der Waals surface area contributed by atoms with E-state index in [1.165, 1.54) is 17.3 Å². The lowest BCUT2D eigenvalue weighted by Gasteiger charge is -2.14. The first-order valence-corrected chi connectivity index (χ1v) is 10.9. The van der Waals surface area contributed by atoms with Crippen LogP contribution in [0.15, 0.2) is 71.9 Å². The maximum absolute atomic E-state index is 13.1. The highest BCUT2D eigenvalue weighted by Crippen LogP contribution is 2.26. The van der Waals surface area contributed by atoms with Crippen LogP contribution < -0.4 is 5.32 Å². The van der Waals surface area contributed by atoms with Gasteiger partial charge in [-0.05, 0) is 66.1 Å². The smallest absolute Gasteiger partial charge is 0.255 e. The van der Waals surface area contributed by atoms with Crippen LogP contribution in [0.5, 0.6) is 0 Å². The summed E-state index contributed by atoms with van der Waals surface area (Å²) in [6.07, 6.45) is 0. The zero-order chi connectivity index (χ0) is 21.8. The second-order valence-electron chi connectivity index (χ2n) is 7.38. The van der Waals surface area contributed by atoms with Crippen molar-refractivity contribution in [1.29, 1.82) is 0 Å². The monoisotopic (exact) mass is 429 g/mol. The van der Waals surface area contributed by atoms with Gasteiger partial charge in [0.05, 0.1) is 5.69 Å². The Kier molecular flexibility index (Phi) is 6.13. The van der Waals surface area contributed by atoms with E-state index in [1.807, 2.05) is 68.4 Å². The lowest BCUT2D eigenvalue weighted by Crippen LogP contribution is -2.15. The average molecular weight is 430 g/mol. The molecule has 0 atom stereocenters. The van der Waals surface area contributed by atoms with Crippen molar-refractivity contribution in [2.45, 2.75) is 31.7 Å². The van der Waals surface area contributed by atoms with Crippen molar-refractivity contribution in [2.24, 2.45) is 0 Å². The fourth-order valence-electron chi connectivity index (χ4n) is 3.57. The van der Waals surface area contributed by atoms with Crippen molar-refractivity contribution < 1.29 is 4.79 Å². The van der Waals surface area contributed by atoms with Crippen LogP contribution in [0.1, 0.15) is 32.6 Å². The molecule has 4 aromatic rings. The number of carbonyl (C=O) groups is 1. The number of aryl methyl sites for hydroxylation is 3. The van der Waals surface area contributed by atoms with Gasteiger partial charge in [0.25, 0.3) is 5.91 Å². The number of benzene rings is 3. The number of carbonyl (C=O) groups excluding carboxylic acids is 1. The molecule has 0 aliphatic heterocycles. The summed E-state index contributed by atoms with van der Waals surface area (Å²) in [6, 6.07) is 21.5. The molecule has 0 aliphatic rings. The van der Waals surface area contributed by atoms with Gasteiger partial charge in [-0.1, -0.05) is 65.9 Å². The molecule has 0 saturated carbocycles. The number of aromatic nitrogens is 4. The third-order valence-corrected chi connectivity index (χ3v) is 5.94. The van der Waals surface area contributed by atoms with E-state index in [0.29, 0.717) is 16.5 Å². The molecule has 7 heteroatoms. The third kappa shape index (κ3) is 4.67. The minimum Gasteiger partial charge on any atom is -0.321 e. The molecule has 0 radical (unpaired) electrons. The van der Waals surface area contributed by atoms with Crippen LogP contribution in [0.2, 0.25) is 0 Å². The molecule has 0 fully saturated rings. The molecule has 0 spiro atoms. The van der Waals surface area contributed by atoms with Crippen molar-refractivity contribution >= 4 is 23.4 Å². The van der Waals surface area contributed by atoms with E-state index in [1.54, 1.807) is 4.68 Å². The fraction of sp³-hybridized carbons (Fsp3) is 0.167.